The molecule has 1 saturated heterocycles. The Labute approximate surface area is 145 Å². The highest BCUT2D eigenvalue weighted by Crippen LogP contribution is 2.40. The number of nitrogens with two attached hydrogens (primary N) is 1. The van der Waals surface area contributed by atoms with Crippen molar-refractivity contribution in [2.75, 3.05) is 26.1 Å². The number of benzene rings is 1. The number of cyclic esters (lactones) is 1. The van der Waals surface area contributed by atoms with Gasteiger partial charge in [-0.1, -0.05) is 6.08 Å². The Hall–Kier alpha value is -2.54. The van der Waals surface area contributed by atoms with Crippen LogP contribution in [-0.4, -0.2) is 37.4 Å². The summed E-state index contributed by atoms with van der Waals surface area (Å²) in [4.78, 5) is 23.6. The molecule has 2 heterocycles. The molecule has 2 aliphatic rings. The molecular weight excluding hydrogens is 326 g/mol. The van der Waals surface area contributed by atoms with E-state index in [0.29, 0.717) is 47.8 Å². The Balaban J connectivity index is 2.03. The number of carbonyl (C=O) groups excluding carboxylic acids is 1. The maximum Gasteiger partial charge on any atom is 0.341 e. The number of carbonyl (C=O) groups is 2. The summed E-state index contributed by atoms with van der Waals surface area (Å²) in [5.74, 6) is -0.986. The van der Waals surface area contributed by atoms with E-state index in [2.05, 4.69) is 0 Å². The molecule has 2 aliphatic heterocycles. The van der Waals surface area contributed by atoms with Gasteiger partial charge in [0.1, 0.15) is 12.4 Å². The summed E-state index contributed by atoms with van der Waals surface area (Å²) in [6, 6.07) is 0. The number of methoxy groups -OCH3 is 1. The average Bonchev–Trinajstić information content (AvgIpc) is 3.22. The number of hydrogen-bond donors (Lipinski definition) is 2. The summed E-state index contributed by atoms with van der Waals surface area (Å²) in [6.07, 6.45) is 2.58. The van der Waals surface area contributed by atoms with Crippen LogP contribution < -0.4 is 10.5 Å². The summed E-state index contributed by atoms with van der Waals surface area (Å²) in [5, 5.41) is 9.50. The minimum Gasteiger partial charge on any atom is -0.496 e. The second-order valence-corrected chi connectivity index (χ2v) is 6.21. The van der Waals surface area contributed by atoms with Gasteiger partial charge in [0.05, 0.1) is 25.0 Å². The summed E-state index contributed by atoms with van der Waals surface area (Å²) >= 11 is 0. The Morgan fingerprint density at radius 3 is 2.84 bits per heavy atom. The van der Waals surface area contributed by atoms with E-state index in [1.54, 1.807) is 6.08 Å². The number of esters is 1. The van der Waals surface area contributed by atoms with Gasteiger partial charge >= 0.3 is 11.9 Å². The summed E-state index contributed by atoms with van der Waals surface area (Å²) in [6.45, 7) is 2.98. The number of nitrogen functional groups attached to an aromatic ring is 1. The first-order valence-electron chi connectivity index (χ1n) is 8.11. The number of allylic oxidation sites excluding steroid dienone is 1. The van der Waals surface area contributed by atoms with E-state index in [-0.39, 0.29) is 18.9 Å². The topological polar surface area (TPSA) is 108 Å². The molecule has 134 valence electrons. The van der Waals surface area contributed by atoms with Crippen LogP contribution in [0.25, 0.3) is 0 Å². The van der Waals surface area contributed by atoms with Crippen molar-refractivity contribution < 1.29 is 28.9 Å². The lowest BCUT2D eigenvalue weighted by molar-refractivity contribution is -0.133. The molecule has 0 aromatic heterocycles. The van der Waals surface area contributed by atoms with Crippen LogP contribution in [0.5, 0.6) is 5.75 Å². The Bertz CT molecular complexity index is 762. The lowest BCUT2D eigenvalue weighted by Crippen LogP contribution is -2.14. The van der Waals surface area contributed by atoms with E-state index in [0.717, 1.165) is 11.1 Å². The fourth-order valence-corrected chi connectivity index (χ4v) is 3.51. The van der Waals surface area contributed by atoms with Crippen molar-refractivity contribution in [3.63, 3.8) is 0 Å². The third kappa shape index (κ3) is 2.95. The van der Waals surface area contributed by atoms with Gasteiger partial charge in [0.25, 0.3) is 0 Å². The SMILES string of the molecule is COc1c(C)c2c(c(N)c1C/C=C(/C(=O)O)C1CCOC1)C(=O)OC2. The van der Waals surface area contributed by atoms with Crippen LogP contribution in [0.3, 0.4) is 0 Å². The van der Waals surface area contributed by atoms with Crippen LogP contribution in [0.1, 0.15) is 33.5 Å². The zero-order valence-corrected chi connectivity index (χ0v) is 14.3. The monoisotopic (exact) mass is 347 g/mol. The molecule has 3 rings (SSSR count). The maximum atomic E-state index is 12.0. The summed E-state index contributed by atoms with van der Waals surface area (Å²) in [7, 11) is 1.53. The second kappa shape index (κ2) is 6.76. The van der Waals surface area contributed by atoms with Gasteiger partial charge in [-0.15, -0.1) is 0 Å². The number of anilines is 1. The minimum absolute atomic E-state index is 0.134. The second-order valence-electron chi connectivity index (χ2n) is 6.21. The molecule has 1 aromatic carbocycles. The summed E-state index contributed by atoms with van der Waals surface area (Å²) in [5.41, 5.74) is 9.30. The molecule has 1 fully saturated rings. The van der Waals surface area contributed by atoms with E-state index >= 15 is 0 Å². The van der Waals surface area contributed by atoms with Gasteiger partial charge in [-0.2, -0.15) is 0 Å². The molecule has 7 nitrogen and oxygen atoms in total. The third-order valence-electron chi connectivity index (χ3n) is 4.86. The number of fused-ring (bicyclic) bond motifs is 1. The highest BCUT2D eigenvalue weighted by molar-refractivity contribution is 6.01. The molecule has 0 aliphatic carbocycles. The van der Waals surface area contributed by atoms with Gasteiger partial charge in [-0.25, -0.2) is 9.59 Å². The normalized spacial score (nSPS) is 19.7. The largest absolute Gasteiger partial charge is 0.496 e. The third-order valence-corrected chi connectivity index (χ3v) is 4.86. The molecule has 25 heavy (non-hydrogen) atoms. The lowest BCUT2D eigenvalue weighted by atomic mass is 9.92. The molecule has 0 radical (unpaired) electrons. The molecule has 1 atom stereocenters. The van der Waals surface area contributed by atoms with Crippen molar-refractivity contribution in [2.24, 2.45) is 5.92 Å². The summed E-state index contributed by atoms with van der Waals surface area (Å²) < 4.78 is 15.9. The Kier molecular flexibility index (Phi) is 4.67. The molecule has 3 N–H and O–H groups in total. The number of carboxylic acid groups (broad SMARTS) is 1. The standard InChI is InChI=1S/C18H21NO6/c1-9-13-8-25-18(22)14(13)15(19)12(16(9)23-2)4-3-11(17(20)21)10-5-6-24-7-10/h3,10H,4-8,19H2,1-2H3,(H,20,21)/b11-3+. The number of aliphatic carboxylic acids is 1. The highest BCUT2D eigenvalue weighted by Gasteiger charge is 2.31. The molecule has 0 amide bonds. The van der Waals surface area contributed by atoms with E-state index in [1.807, 2.05) is 6.92 Å². The molecular formula is C18H21NO6. The first kappa shape index (κ1) is 17.3. The van der Waals surface area contributed by atoms with Crippen LogP contribution in [0.2, 0.25) is 0 Å². The van der Waals surface area contributed by atoms with Crippen molar-refractivity contribution in [2.45, 2.75) is 26.4 Å². The minimum atomic E-state index is -0.967. The first-order valence-corrected chi connectivity index (χ1v) is 8.11. The predicted molar refractivity (Wildman–Crippen MR) is 89.6 cm³/mol. The number of ether oxygens (including phenoxy) is 3. The van der Waals surface area contributed by atoms with Crippen molar-refractivity contribution in [3.05, 3.63) is 33.9 Å². The van der Waals surface area contributed by atoms with Gasteiger partial charge in [-0.3, -0.25) is 0 Å². The van der Waals surface area contributed by atoms with E-state index < -0.39 is 11.9 Å². The van der Waals surface area contributed by atoms with Crippen LogP contribution in [0.15, 0.2) is 11.6 Å². The van der Waals surface area contributed by atoms with Gasteiger partial charge < -0.3 is 25.1 Å². The van der Waals surface area contributed by atoms with Crippen molar-refractivity contribution >= 4 is 17.6 Å². The van der Waals surface area contributed by atoms with E-state index in [1.165, 1.54) is 7.11 Å². The molecule has 1 aromatic rings. The Morgan fingerprint density at radius 1 is 1.48 bits per heavy atom. The zero-order valence-electron chi connectivity index (χ0n) is 14.3. The zero-order chi connectivity index (χ0) is 18.1. The first-order chi connectivity index (χ1) is 12.0. The number of hydrogen-bond acceptors (Lipinski definition) is 6. The van der Waals surface area contributed by atoms with E-state index in [9.17, 15) is 14.7 Å². The fraction of sp³-hybridized carbons (Fsp3) is 0.444. The van der Waals surface area contributed by atoms with Gasteiger partial charge in [0.2, 0.25) is 0 Å². The Morgan fingerprint density at radius 2 is 2.24 bits per heavy atom. The van der Waals surface area contributed by atoms with Crippen LogP contribution in [-0.2, 0) is 27.3 Å². The molecule has 7 heteroatoms. The number of carboxylic acids is 1. The quantitative estimate of drug-likeness (QED) is 0.475. The van der Waals surface area contributed by atoms with Crippen LogP contribution >= 0.6 is 0 Å². The van der Waals surface area contributed by atoms with Crippen LogP contribution in [0.4, 0.5) is 5.69 Å². The van der Waals surface area contributed by atoms with Crippen molar-refractivity contribution in [1.29, 1.82) is 0 Å². The van der Waals surface area contributed by atoms with Crippen molar-refractivity contribution in [3.8, 4) is 5.75 Å². The number of rotatable bonds is 5. The maximum absolute atomic E-state index is 12.0. The molecule has 0 spiro atoms. The molecule has 1 unspecified atom stereocenters. The molecule has 0 saturated carbocycles. The molecule has 0 bridgehead atoms. The highest BCUT2D eigenvalue weighted by atomic mass is 16.5. The predicted octanol–water partition coefficient (Wildman–Crippen LogP) is 1.85. The van der Waals surface area contributed by atoms with Gasteiger partial charge in [0.15, 0.2) is 0 Å². The fourth-order valence-electron chi connectivity index (χ4n) is 3.51. The van der Waals surface area contributed by atoms with Gasteiger partial charge in [0, 0.05) is 29.2 Å². The average molecular weight is 347 g/mol. The smallest absolute Gasteiger partial charge is 0.341 e. The van der Waals surface area contributed by atoms with Crippen molar-refractivity contribution in [1.82, 2.24) is 0 Å². The van der Waals surface area contributed by atoms with Crippen LogP contribution in [0, 0.1) is 12.8 Å². The van der Waals surface area contributed by atoms with E-state index in [4.69, 9.17) is 19.9 Å². The van der Waals surface area contributed by atoms with Gasteiger partial charge in [-0.05, 0) is 25.3 Å². The lowest BCUT2D eigenvalue weighted by Gasteiger charge is -2.17.